The van der Waals surface area contributed by atoms with Crippen LogP contribution < -0.4 is 0 Å². The third kappa shape index (κ3) is 9.36. The first-order valence-electron chi connectivity index (χ1n) is 7.84. The quantitative estimate of drug-likeness (QED) is 0.291. The van der Waals surface area contributed by atoms with Gasteiger partial charge < -0.3 is 23.3 Å². The molecule has 0 rings (SSSR count). The summed E-state index contributed by atoms with van der Waals surface area (Å²) in [7, 11) is 2.09. The van der Waals surface area contributed by atoms with Gasteiger partial charge in [-0.15, -0.1) is 0 Å². The zero-order chi connectivity index (χ0) is 17.1. The molecule has 1 unspecified atom stereocenters. The van der Waals surface area contributed by atoms with Crippen LogP contribution in [-0.2, 0) is 23.3 Å². The Bertz CT molecular complexity index is 254. The average Bonchev–Trinajstić information content (AvgIpc) is 2.41. The molecule has 0 aromatic carbocycles. The van der Waals surface area contributed by atoms with Crippen molar-refractivity contribution in [1.82, 2.24) is 4.67 Å². The van der Waals surface area contributed by atoms with E-state index in [0.29, 0.717) is 31.9 Å². The van der Waals surface area contributed by atoms with Gasteiger partial charge in [0.1, 0.15) is 0 Å². The van der Waals surface area contributed by atoms with E-state index < -0.39 is 8.53 Å². The summed E-state index contributed by atoms with van der Waals surface area (Å²) in [5.41, 5.74) is 0. The van der Waals surface area contributed by atoms with E-state index in [1.165, 1.54) is 0 Å². The molecule has 134 valence electrons. The number of hydrogen-bond acceptors (Lipinski definition) is 6. The van der Waals surface area contributed by atoms with Crippen molar-refractivity contribution in [3.05, 3.63) is 0 Å². The van der Waals surface area contributed by atoms with Gasteiger partial charge in [-0.1, -0.05) is 0 Å². The minimum Gasteiger partial charge on any atom is -0.374 e. The zero-order valence-electron chi connectivity index (χ0n) is 15.4. The minimum absolute atomic E-state index is 0.124. The van der Waals surface area contributed by atoms with Crippen molar-refractivity contribution < 1.29 is 23.3 Å². The van der Waals surface area contributed by atoms with Crippen LogP contribution in [0.4, 0.5) is 0 Å². The van der Waals surface area contributed by atoms with Crippen LogP contribution in [0, 0.1) is 0 Å². The maximum absolute atomic E-state index is 5.97. The first-order valence-corrected chi connectivity index (χ1v) is 8.97. The lowest BCUT2D eigenvalue weighted by atomic mass is 10.3. The van der Waals surface area contributed by atoms with Gasteiger partial charge in [-0.25, -0.2) is 4.67 Å². The molecule has 7 heteroatoms. The lowest BCUT2D eigenvalue weighted by Gasteiger charge is -2.36. The number of rotatable bonds is 13. The van der Waals surface area contributed by atoms with Gasteiger partial charge in [0.05, 0.1) is 25.9 Å². The summed E-state index contributed by atoms with van der Waals surface area (Å²) in [4.78, 5) is 0. The minimum atomic E-state index is -1.09. The molecule has 0 aliphatic rings. The van der Waals surface area contributed by atoms with E-state index in [4.69, 9.17) is 23.3 Å². The number of ether oxygens (including phenoxy) is 3. The highest BCUT2D eigenvalue weighted by atomic mass is 31.2. The molecule has 0 aromatic rings. The van der Waals surface area contributed by atoms with Crippen molar-refractivity contribution in [3.63, 3.8) is 0 Å². The van der Waals surface area contributed by atoms with Crippen LogP contribution >= 0.6 is 8.53 Å². The van der Waals surface area contributed by atoms with Crippen molar-refractivity contribution in [1.29, 1.82) is 0 Å². The molecule has 0 amide bonds. The molecule has 0 radical (unpaired) electrons. The predicted octanol–water partition coefficient (Wildman–Crippen LogP) is 3.41. The largest absolute Gasteiger partial charge is 0.374 e. The van der Waals surface area contributed by atoms with Crippen molar-refractivity contribution in [2.75, 3.05) is 34.0 Å². The second-order valence-electron chi connectivity index (χ2n) is 5.77. The van der Waals surface area contributed by atoms with E-state index in [1.54, 1.807) is 14.2 Å². The Kier molecular flexibility index (Phi) is 12.7. The Morgan fingerprint density at radius 3 is 1.82 bits per heavy atom. The molecule has 0 bridgehead atoms. The van der Waals surface area contributed by atoms with E-state index in [1.807, 2.05) is 13.8 Å². The number of nitrogens with zero attached hydrogens (tertiary/aromatic N) is 1. The zero-order valence-corrected chi connectivity index (χ0v) is 16.3. The molecule has 0 saturated carbocycles. The third-order valence-electron chi connectivity index (χ3n) is 2.76. The van der Waals surface area contributed by atoms with Gasteiger partial charge in [-0.05, 0) is 41.5 Å². The average molecular weight is 339 g/mol. The van der Waals surface area contributed by atoms with Crippen molar-refractivity contribution >= 4 is 8.53 Å². The fraction of sp³-hybridized carbons (Fsp3) is 1.00. The molecule has 0 N–H and O–H groups in total. The highest BCUT2D eigenvalue weighted by molar-refractivity contribution is 7.44. The van der Waals surface area contributed by atoms with Crippen LogP contribution in [-0.4, -0.2) is 63.2 Å². The molecule has 0 fully saturated rings. The predicted molar refractivity (Wildman–Crippen MR) is 89.8 cm³/mol. The first kappa shape index (κ1) is 22.2. The van der Waals surface area contributed by atoms with Crippen LogP contribution in [0.3, 0.4) is 0 Å². The fourth-order valence-corrected chi connectivity index (χ4v) is 3.54. The summed E-state index contributed by atoms with van der Waals surface area (Å²) in [6.07, 6.45) is -0.213. The van der Waals surface area contributed by atoms with Crippen LogP contribution in [0.2, 0.25) is 0 Å². The first-order chi connectivity index (χ1) is 10.3. The van der Waals surface area contributed by atoms with Gasteiger partial charge in [-0.3, -0.25) is 0 Å². The summed E-state index contributed by atoms with van der Waals surface area (Å²) >= 11 is 0. The lowest BCUT2D eigenvalue weighted by Crippen LogP contribution is -2.34. The van der Waals surface area contributed by atoms with Crippen LogP contribution in [0.1, 0.15) is 41.5 Å². The fourth-order valence-electron chi connectivity index (χ4n) is 1.89. The normalized spacial score (nSPS) is 14.0. The second-order valence-corrected chi connectivity index (χ2v) is 7.18. The van der Waals surface area contributed by atoms with Crippen molar-refractivity contribution in [2.24, 2.45) is 0 Å². The van der Waals surface area contributed by atoms with Crippen molar-refractivity contribution in [2.45, 2.75) is 66.0 Å². The molecule has 0 spiro atoms. The van der Waals surface area contributed by atoms with E-state index in [-0.39, 0.29) is 12.4 Å². The number of methoxy groups -OCH3 is 2. The molecule has 0 aliphatic carbocycles. The molecule has 0 saturated heterocycles. The standard InChI is InChI=1S/C15H34NO5P/c1-12(2)16(13(3)4)22(21-14(5)6)20-10-9-19-11-15(17-7)18-8/h12-15H,9-11H2,1-8H3. The molecule has 22 heavy (non-hydrogen) atoms. The Hall–Kier alpha value is 0.190. The molecule has 0 aromatic heterocycles. The van der Waals surface area contributed by atoms with E-state index in [9.17, 15) is 0 Å². The van der Waals surface area contributed by atoms with Gasteiger partial charge in [0.25, 0.3) is 8.53 Å². The van der Waals surface area contributed by atoms with Crippen LogP contribution in [0.25, 0.3) is 0 Å². The van der Waals surface area contributed by atoms with Gasteiger partial charge >= 0.3 is 0 Å². The van der Waals surface area contributed by atoms with E-state index >= 15 is 0 Å². The Morgan fingerprint density at radius 1 is 0.864 bits per heavy atom. The lowest BCUT2D eigenvalue weighted by molar-refractivity contribution is -0.141. The van der Waals surface area contributed by atoms with Gasteiger partial charge in [-0.2, -0.15) is 0 Å². The van der Waals surface area contributed by atoms with Crippen LogP contribution in [0.15, 0.2) is 0 Å². The van der Waals surface area contributed by atoms with E-state index in [2.05, 4.69) is 32.4 Å². The molecule has 6 nitrogen and oxygen atoms in total. The summed E-state index contributed by atoms with van der Waals surface area (Å²) in [5, 5.41) is 0. The summed E-state index contributed by atoms with van der Waals surface area (Å²) in [6.45, 7) is 14.0. The monoisotopic (exact) mass is 339 g/mol. The maximum Gasteiger partial charge on any atom is 0.259 e. The van der Waals surface area contributed by atoms with Gasteiger partial charge in [0.15, 0.2) is 6.29 Å². The van der Waals surface area contributed by atoms with Gasteiger partial charge in [0, 0.05) is 26.3 Å². The molecule has 0 aliphatic heterocycles. The molecular formula is C15H34NO5P. The maximum atomic E-state index is 5.97. The highest BCUT2D eigenvalue weighted by Crippen LogP contribution is 2.46. The van der Waals surface area contributed by atoms with Crippen molar-refractivity contribution in [3.8, 4) is 0 Å². The van der Waals surface area contributed by atoms with Gasteiger partial charge in [0.2, 0.25) is 0 Å². The summed E-state index contributed by atoms with van der Waals surface area (Å²) in [5.74, 6) is 0. The molecular weight excluding hydrogens is 305 g/mol. The smallest absolute Gasteiger partial charge is 0.259 e. The summed E-state index contributed by atoms with van der Waals surface area (Å²) in [6, 6.07) is 0.717. The SMILES string of the molecule is COC(COCCOP(OC(C)C)N(C(C)C)C(C)C)OC. The Labute approximate surface area is 137 Å². The third-order valence-corrected chi connectivity index (χ3v) is 5.06. The Balaban J connectivity index is 4.30. The number of hydrogen-bond donors (Lipinski definition) is 0. The molecule has 1 atom stereocenters. The van der Waals surface area contributed by atoms with E-state index in [0.717, 1.165) is 0 Å². The highest BCUT2D eigenvalue weighted by Gasteiger charge is 2.27. The Morgan fingerprint density at radius 2 is 1.41 bits per heavy atom. The van der Waals surface area contributed by atoms with Crippen LogP contribution in [0.5, 0.6) is 0 Å². The second kappa shape index (κ2) is 12.6. The molecule has 0 heterocycles. The summed E-state index contributed by atoms with van der Waals surface area (Å²) < 4.78 is 29.8. The topological polar surface area (TPSA) is 49.4 Å².